The third-order valence-corrected chi connectivity index (χ3v) is 6.34. The highest BCUT2D eigenvalue weighted by atomic mass is 16.7. The maximum absolute atomic E-state index is 6.31. The first-order chi connectivity index (χ1) is 14.2. The van der Waals surface area contributed by atoms with Crippen LogP contribution in [0.2, 0.25) is 0 Å². The van der Waals surface area contributed by atoms with Gasteiger partial charge >= 0.3 is 7.12 Å². The lowest BCUT2D eigenvalue weighted by Gasteiger charge is -2.32. The largest absolute Gasteiger partial charge is 0.494 e. The maximum Gasteiger partial charge on any atom is 0.494 e. The summed E-state index contributed by atoms with van der Waals surface area (Å²) in [4.78, 5) is 4.77. The van der Waals surface area contributed by atoms with E-state index in [-0.39, 0.29) is 18.3 Å². The minimum Gasteiger partial charge on any atom is -0.399 e. The van der Waals surface area contributed by atoms with Crippen LogP contribution in [0.1, 0.15) is 53.0 Å². The first-order valence-corrected chi connectivity index (χ1v) is 10.7. The van der Waals surface area contributed by atoms with E-state index in [2.05, 4.69) is 84.0 Å². The van der Waals surface area contributed by atoms with Crippen LogP contribution in [-0.4, -0.2) is 23.3 Å². The van der Waals surface area contributed by atoms with Crippen molar-refractivity contribution in [1.82, 2.24) is 4.98 Å². The zero-order valence-electron chi connectivity index (χ0n) is 18.8. The van der Waals surface area contributed by atoms with E-state index in [1.54, 1.807) is 0 Å². The van der Waals surface area contributed by atoms with Crippen molar-refractivity contribution in [3.63, 3.8) is 0 Å². The molecule has 0 N–H and O–H groups in total. The molecule has 0 unspecified atom stereocenters. The SMILES string of the molecule is CC(C)c1cc(B2OC(C)(C)C(C)(C)O2)cc(-c2ccc(-c3ccccc3)cn2)c1. The first kappa shape index (κ1) is 20.8. The molecule has 4 heteroatoms. The molecule has 3 nitrogen and oxygen atoms in total. The minimum atomic E-state index is -0.379. The van der Waals surface area contributed by atoms with Gasteiger partial charge in [0.25, 0.3) is 0 Å². The molecule has 154 valence electrons. The Bertz CT molecular complexity index is 1010. The van der Waals surface area contributed by atoms with Crippen molar-refractivity contribution in [2.45, 2.75) is 58.7 Å². The molecule has 2 aromatic carbocycles. The zero-order chi connectivity index (χ0) is 21.5. The number of hydrogen-bond donors (Lipinski definition) is 0. The molecule has 0 bridgehead atoms. The fourth-order valence-electron chi connectivity index (χ4n) is 3.64. The lowest BCUT2D eigenvalue weighted by molar-refractivity contribution is 0.00578. The summed E-state index contributed by atoms with van der Waals surface area (Å²) >= 11 is 0. The van der Waals surface area contributed by atoms with Crippen molar-refractivity contribution in [2.75, 3.05) is 0 Å². The lowest BCUT2D eigenvalue weighted by atomic mass is 9.76. The van der Waals surface area contributed by atoms with E-state index >= 15 is 0 Å². The molecular formula is C26H30BNO2. The minimum absolute atomic E-state index is 0.360. The number of hydrogen-bond acceptors (Lipinski definition) is 3. The van der Waals surface area contributed by atoms with Gasteiger partial charge in [0.15, 0.2) is 0 Å². The second-order valence-corrected chi connectivity index (χ2v) is 9.43. The van der Waals surface area contributed by atoms with Gasteiger partial charge < -0.3 is 9.31 Å². The molecule has 2 heterocycles. The van der Waals surface area contributed by atoms with Gasteiger partial charge in [0.05, 0.1) is 16.9 Å². The summed E-state index contributed by atoms with van der Waals surface area (Å²) in [5.74, 6) is 0.398. The van der Waals surface area contributed by atoms with Gasteiger partial charge in [-0.1, -0.05) is 62.4 Å². The summed E-state index contributed by atoms with van der Waals surface area (Å²) in [6.45, 7) is 12.8. The molecule has 0 spiro atoms. The van der Waals surface area contributed by atoms with E-state index in [9.17, 15) is 0 Å². The van der Waals surface area contributed by atoms with Crippen LogP contribution >= 0.6 is 0 Å². The predicted molar refractivity (Wildman–Crippen MR) is 125 cm³/mol. The smallest absolute Gasteiger partial charge is 0.399 e. The Hall–Kier alpha value is -2.43. The number of rotatable bonds is 4. The summed E-state index contributed by atoms with van der Waals surface area (Å²) < 4.78 is 12.6. The molecule has 3 aromatic rings. The van der Waals surface area contributed by atoms with E-state index in [0.717, 1.165) is 22.3 Å². The average Bonchev–Trinajstić information content (AvgIpc) is 2.95. The van der Waals surface area contributed by atoms with Crippen LogP contribution in [0, 0.1) is 0 Å². The van der Waals surface area contributed by atoms with Crippen LogP contribution < -0.4 is 5.46 Å². The molecule has 0 saturated carbocycles. The van der Waals surface area contributed by atoms with E-state index in [0.29, 0.717) is 5.92 Å². The topological polar surface area (TPSA) is 31.4 Å². The van der Waals surface area contributed by atoms with Gasteiger partial charge in [0.1, 0.15) is 0 Å². The van der Waals surface area contributed by atoms with Crippen LogP contribution in [0.4, 0.5) is 0 Å². The van der Waals surface area contributed by atoms with Crippen LogP contribution in [0.5, 0.6) is 0 Å². The van der Waals surface area contributed by atoms with Crippen LogP contribution in [-0.2, 0) is 9.31 Å². The average molecular weight is 399 g/mol. The molecular weight excluding hydrogens is 369 g/mol. The van der Waals surface area contributed by atoms with Crippen molar-refractivity contribution >= 4 is 12.6 Å². The normalized spacial score (nSPS) is 17.5. The second kappa shape index (κ2) is 7.68. The maximum atomic E-state index is 6.31. The van der Waals surface area contributed by atoms with Crippen LogP contribution in [0.3, 0.4) is 0 Å². The zero-order valence-corrected chi connectivity index (χ0v) is 18.8. The van der Waals surface area contributed by atoms with E-state index in [4.69, 9.17) is 14.3 Å². The molecule has 30 heavy (non-hydrogen) atoms. The fourth-order valence-corrected chi connectivity index (χ4v) is 3.64. The van der Waals surface area contributed by atoms with Crippen molar-refractivity contribution in [3.05, 3.63) is 72.4 Å². The number of pyridine rings is 1. The van der Waals surface area contributed by atoms with Gasteiger partial charge in [-0.05, 0) is 62.3 Å². The summed E-state index contributed by atoms with van der Waals surface area (Å²) in [5.41, 5.74) is 5.91. The first-order valence-electron chi connectivity index (χ1n) is 10.7. The van der Waals surface area contributed by atoms with Crippen LogP contribution in [0.25, 0.3) is 22.4 Å². The van der Waals surface area contributed by atoms with Crippen molar-refractivity contribution in [3.8, 4) is 22.4 Å². The van der Waals surface area contributed by atoms with Gasteiger partial charge in [0.2, 0.25) is 0 Å². The Morgan fingerprint density at radius 3 is 2.00 bits per heavy atom. The van der Waals surface area contributed by atoms with Gasteiger partial charge in [-0.3, -0.25) is 4.98 Å². The molecule has 0 aliphatic carbocycles. The van der Waals surface area contributed by atoms with Crippen molar-refractivity contribution in [2.24, 2.45) is 0 Å². The fraction of sp³-hybridized carbons (Fsp3) is 0.346. The number of benzene rings is 2. The molecule has 0 atom stereocenters. The highest BCUT2D eigenvalue weighted by molar-refractivity contribution is 6.62. The van der Waals surface area contributed by atoms with Gasteiger partial charge in [-0.15, -0.1) is 0 Å². The van der Waals surface area contributed by atoms with Gasteiger partial charge in [0, 0.05) is 17.3 Å². The molecule has 1 aliphatic heterocycles. The molecule has 4 rings (SSSR count). The monoisotopic (exact) mass is 399 g/mol. The Balaban J connectivity index is 1.70. The Morgan fingerprint density at radius 2 is 1.43 bits per heavy atom. The molecule has 1 aromatic heterocycles. The highest BCUT2D eigenvalue weighted by Gasteiger charge is 2.51. The Labute approximate surface area is 180 Å². The third kappa shape index (κ3) is 3.94. The molecule has 1 aliphatic rings. The van der Waals surface area contributed by atoms with E-state index in [1.165, 1.54) is 11.1 Å². The molecule has 0 amide bonds. The Morgan fingerprint density at radius 1 is 0.767 bits per heavy atom. The summed E-state index contributed by atoms with van der Waals surface area (Å²) in [7, 11) is -0.379. The summed E-state index contributed by atoms with van der Waals surface area (Å²) in [6, 6.07) is 21.1. The molecule has 0 radical (unpaired) electrons. The van der Waals surface area contributed by atoms with Crippen molar-refractivity contribution < 1.29 is 9.31 Å². The van der Waals surface area contributed by atoms with E-state index in [1.807, 2.05) is 24.4 Å². The van der Waals surface area contributed by atoms with E-state index < -0.39 is 0 Å². The highest BCUT2D eigenvalue weighted by Crippen LogP contribution is 2.37. The number of aromatic nitrogens is 1. The quantitative estimate of drug-likeness (QED) is 0.517. The van der Waals surface area contributed by atoms with Gasteiger partial charge in [-0.25, -0.2) is 0 Å². The van der Waals surface area contributed by atoms with Crippen LogP contribution in [0.15, 0.2) is 66.9 Å². The summed E-state index contributed by atoms with van der Waals surface area (Å²) in [6.07, 6.45) is 1.95. The third-order valence-electron chi connectivity index (χ3n) is 6.34. The predicted octanol–water partition coefficient (Wildman–Crippen LogP) is 5.84. The number of nitrogens with zero attached hydrogens (tertiary/aromatic N) is 1. The second-order valence-electron chi connectivity index (χ2n) is 9.43. The Kier molecular flexibility index (Phi) is 5.33. The van der Waals surface area contributed by atoms with Gasteiger partial charge in [-0.2, -0.15) is 0 Å². The molecule has 1 saturated heterocycles. The summed E-state index contributed by atoms with van der Waals surface area (Å²) in [5, 5.41) is 0. The van der Waals surface area contributed by atoms with Crippen molar-refractivity contribution in [1.29, 1.82) is 0 Å². The lowest BCUT2D eigenvalue weighted by Crippen LogP contribution is -2.41. The molecule has 1 fully saturated rings. The standard InChI is InChI=1S/C26H30BNO2/c1-18(2)21-14-22(16-23(15-21)27-29-25(3,4)26(5,6)30-27)24-13-12-20(17-28-24)19-10-8-7-9-11-19/h7-18H,1-6H3.